The van der Waals surface area contributed by atoms with Gasteiger partial charge in [0.05, 0.1) is 11.9 Å². The molecule has 2 N–H and O–H groups in total. The Balaban J connectivity index is 1.74. The number of benzene rings is 1. The average molecular weight is 308 g/mol. The average Bonchev–Trinajstić information content (AvgIpc) is 2.48. The number of thioether (sulfide) groups is 1. The van der Waals surface area contributed by atoms with Gasteiger partial charge in [-0.25, -0.2) is 0 Å². The molecule has 1 aliphatic rings. The van der Waals surface area contributed by atoms with Crippen molar-refractivity contribution in [3.8, 4) is 5.75 Å². The van der Waals surface area contributed by atoms with Crippen molar-refractivity contribution in [1.29, 1.82) is 0 Å². The first-order valence-corrected chi connectivity index (χ1v) is 8.57. The molecule has 1 aliphatic heterocycles. The Labute approximate surface area is 131 Å². The summed E-state index contributed by atoms with van der Waals surface area (Å²) in [5.41, 5.74) is 0.821. The molecule has 0 aromatic heterocycles. The van der Waals surface area contributed by atoms with E-state index in [0.717, 1.165) is 37.4 Å². The van der Waals surface area contributed by atoms with E-state index in [4.69, 9.17) is 4.74 Å². The number of carbonyl (C=O) groups is 1. The smallest absolute Gasteiger partial charge is 0.234 e. The van der Waals surface area contributed by atoms with Gasteiger partial charge in [0.1, 0.15) is 5.75 Å². The van der Waals surface area contributed by atoms with Gasteiger partial charge in [-0.1, -0.05) is 0 Å². The summed E-state index contributed by atoms with van der Waals surface area (Å²) in [7, 11) is 0. The van der Waals surface area contributed by atoms with E-state index < -0.39 is 0 Å². The normalized spacial score (nSPS) is 16.0. The van der Waals surface area contributed by atoms with Gasteiger partial charge >= 0.3 is 0 Å². The van der Waals surface area contributed by atoms with E-state index in [2.05, 4.69) is 10.6 Å². The molecule has 1 saturated heterocycles. The summed E-state index contributed by atoms with van der Waals surface area (Å²) in [6.07, 6.45) is 2.46. The molecule has 116 valence electrons. The summed E-state index contributed by atoms with van der Waals surface area (Å²) >= 11 is 1.76. The number of amides is 1. The molecule has 21 heavy (non-hydrogen) atoms. The number of piperidine rings is 1. The zero-order valence-electron chi connectivity index (χ0n) is 12.7. The predicted octanol–water partition coefficient (Wildman–Crippen LogP) is 2.90. The van der Waals surface area contributed by atoms with E-state index in [-0.39, 0.29) is 12.0 Å². The molecule has 2 rings (SSSR count). The number of anilines is 1. The molecule has 0 radical (unpaired) electrons. The molecule has 1 amide bonds. The summed E-state index contributed by atoms with van der Waals surface area (Å²) in [6, 6.07) is 7.53. The van der Waals surface area contributed by atoms with Crippen molar-refractivity contribution in [1.82, 2.24) is 5.32 Å². The minimum absolute atomic E-state index is 0.0658. The quantitative estimate of drug-likeness (QED) is 0.848. The lowest BCUT2D eigenvalue weighted by atomic mass is 10.2. The number of hydrogen-bond acceptors (Lipinski definition) is 4. The first kappa shape index (κ1) is 16.2. The van der Waals surface area contributed by atoms with E-state index >= 15 is 0 Å². The van der Waals surface area contributed by atoms with Crippen LogP contribution >= 0.6 is 11.8 Å². The Morgan fingerprint density at radius 2 is 2.00 bits per heavy atom. The van der Waals surface area contributed by atoms with Crippen LogP contribution in [-0.2, 0) is 4.79 Å². The number of hydrogen-bond donors (Lipinski definition) is 2. The van der Waals surface area contributed by atoms with Crippen LogP contribution in [0.25, 0.3) is 0 Å². The third kappa shape index (κ3) is 5.98. The first-order chi connectivity index (χ1) is 10.1. The fourth-order valence-corrected chi connectivity index (χ4v) is 3.27. The van der Waals surface area contributed by atoms with Crippen LogP contribution in [0.5, 0.6) is 5.75 Å². The third-order valence-electron chi connectivity index (χ3n) is 3.25. The van der Waals surface area contributed by atoms with Gasteiger partial charge in [0, 0.05) is 10.9 Å². The topological polar surface area (TPSA) is 50.4 Å². The lowest BCUT2D eigenvalue weighted by molar-refractivity contribution is -0.113. The molecule has 0 atom stereocenters. The van der Waals surface area contributed by atoms with Gasteiger partial charge in [-0.15, -0.1) is 11.8 Å². The van der Waals surface area contributed by atoms with Crippen LogP contribution in [0.15, 0.2) is 24.3 Å². The zero-order chi connectivity index (χ0) is 15.1. The Morgan fingerprint density at radius 1 is 1.33 bits per heavy atom. The minimum atomic E-state index is 0.0658. The highest BCUT2D eigenvalue weighted by atomic mass is 32.2. The second kappa shape index (κ2) is 8.29. The van der Waals surface area contributed by atoms with E-state index in [0.29, 0.717) is 11.0 Å². The second-order valence-corrected chi connectivity index (χ2v) is 6.79. The van der Waals surface area contributed by atoms with E-state index in [1.165, 1.54) is 0 Å². The third-order valence-corrected chi connectivity index (χ3v) is 4.62. The number of carbonyl (C=O) groups excluding carboxylic acids is 1. The molecule has 1 aromatic rings. The van der Waals surface area contributed by atoms with E-state index in [9.17, 15) is 4.79 Å². The molecular formula is C16H24N2O2S. The summed E-state index contributed by atoms with van der Waals surface area (Å²) in [5, 5.41) is 6.88. The summed E-state index contributed by atoms with van der Waals surface area (Å²) in [4.78, 5) is 11.9. The molecule has 5 heteroatoms. The van der Waals surface area contributed by atoms with Gasteiger partial charge in [-0.3, -0.25) is 4.79 Å². The van der Waals surface area contributed by atoms with Crippen molar-refractivity contribution in [2.45, 2.75) is 38.0 Å². The maximum absolute atomic E-state index is 11.9. The van der Waals surface area contributed by atoms with Crippen molar-refractivity contribution in [2.24, 2.45) is 0 Å². The Hall–Kier alpha value is -1.20. The van der Waals surface area contributed by atoms with Crippen molar-refractivity contribution in [3.05, 3.63) is 24.3 Å². The Bertz CT molecular complexity index is 442. The number of ether oxygens (including phenoxy) is 1. The van der Waals surface area contributed by atoms with Gasteiger partial charge in [0.25, 0.3) is 0 Å². The molecule has 0 bridgehead atoms. The minimum Gasteiger partial charge on any atom is -0.491 e. The van der Waals surface area contributed by atoms with E-state index in [1.54, 1.807) is 11.8 Å². The fraction of sp³-hybridized carbons (Fsp3) is 0.562. The first-order valence-electron chi connectivity index (χ1n) is 7.52. The number of nitrogens with one attached hydrogen (secondary N) is 2. The van der Waals surface area contributed by atoms with Crippen LogP contribution in [0, 0.1) is 0 Å². The summed E-state index contributed by atoms with van der Waals surface area (Å²) < 4.78 is 5.58. The van der Waals surface area contributed by atoms with Gasteiger partial charge in [-0.2, -0.15) is 0 Å². The highest BCUT2D eigenvalue weighted by Gasteiger charge is 2.14. The molecule has 4 nitrogen and oxygen atoms in total. The van der Waals surface area contributed by atoms with Crippen LogP contribution in [0.2, 0.25) is 0 Å². The van der Waals surface area contributed by atoms with Crippen LogP contribution in [-0.4, -0.2) is 36.1 Å². The van der Waals surface area contributed by atoms with Crippen molar-refractivity contribution < 1.29 is 9.53 Å². The largest absolute Gasteiger partial charge is 0.491 e. The second-order valence-electron chi connectivity index (χ2n) is 5.50. The van der Waals surface area contributed by atoms with Gasteiger partial charge in [-0.05, 0) is 64.0 Å². The fourth-order valence-electron chi connectivity index (χ4n) is 2.24. The van der Waals surface area contributed by atoms with Crippen LogP contribution in [0.1, 0.15) is 26.7 Å². The molecule has 0 spiro atoms. The zero-order valence-corrected chi connectivity index (χ0v) is 13.5. The maximum atomic E-state index is 11.9. The lowest BCUT2D eigenvalue weighted by Gasteiger charge is -2.21. The highest BCUT2D eigenvalue weighted by molar-refractivity contribution is 8.00. The van der Waals surface area contributed by atoms with Crippen molar-refractivity contribution in [3.63, 3.8) is 0 Å². The monoisotopic (exact) mass is 308 g/mol. The molecule has 1 fully saturated rings. The van der Waals surface area contributed by atoms with Crippen molar-refractivity contribution in [2.75, 3.05) is 24.2 Å². The highest BCUT2D eigenvalue weighted by Crippen LogP contribution is 2.21. The molecule has 0 unspecified atom stereocenters. The Morgan fingerprint density at radius 3 is 2.62 bits per heavy atom. The predicted molar refractivity (Wildman–Crippen MR) is 89.2 cm³/mol. The summed E-state index contributed by atoms with van der Waals surface area (Å²) in [6.45, 7) is 6.12. The number of rotatable bonds is 6. The van der Waals surface area contributed by atoms with Crippen LogP contribution in [0.4, 0.5) is 5.69 Å². The molecule has 1 heterocycles. The van der Waals surface area contributed by atoms with Gasteiger partial charge in [0.15, 0.2) is 0 Å². The lowest BCUT2D eigenvalue weighted by Crippen LogP contribution is -2.30. The van der Waals surface area contributed by atoms with Gasteiger partial charge < -0.3 is 15.4 Å². The standard InChI is InChI=1S/C16H24N2O2S/c1-12(2)20-14-5-3-13(4-6-14)18-16(19)11-21-15-7-9-17-10-8-15/h3-6,12,15,17H,7-11H2,1-2H3,(H,18,19). The molecular weight excluding hydrogens is 284 g/mol. The SMILES string of the molecule is CC(C)Oc1ccc(NC(=O)CSC2CCNCC2)cc1. The molecule has 0 saturated carbocycles. The van der Waals surface area contributed by atoms with Crippen molar-refractivity contribution >= 4 is 23.4 Å². The maximum Gasteiger partial charge on any atom is 0.234 e. The van der Waals surface area contributed by atoms with Gasteiger partial charge in [0.2, 0.25) is 5.91 Å². The van der Waals surface area contributed by atoms with E-state index in [1.807, 2.05) is 38.1 Å². The Kier molecular flexibility index (Phi) is 6.39. The van der Waals surface area contributed by atoms with Crippen LogP contribution in [0.3, 0.4) is 0 Å². The van der Waals surface area contributed by atoms with Crippen LogP contribution < -0.4 is 15.4 Å². The molecule has 0 aliphatic carbocycles. The molecule has 1 aromatic carbocycles. The summed E-state index contributed by atoms with van der Waals surface area (Å²) in [5.74, 6) is 1.41.